The summed E-state index contributed by atoms with van der Waals surface area (Å²) in [5.41, 5.74) is 1.68. The molecule has 3 atom stereocenters. The molecular weight excluding hydrogens is 297 g/mol. The summed E-state index contributed by atoms with van der Waals surface area (Å²) >= 11 is 0. The van der Waals surface area contributed by atoms with Gasteiger partial charge in [0.1, 0.15) is 0 Å². The SMILES string of the molecule is C=C(CCNC(C(C)C)C(C)CCC(C)C)C(C)(C)CCCP. The number of hydrogen-bond donors (Lipinski definition) is 1. The molecule has 0 amide bonds. The number of rotatable bonds is 13. The molecule has 0 radical (unpaired) electrons. The van der Waals surface area contributed by atoms with Crippen molar-refractivity contribution in [2.45, 2.75) is 86.6 Å². The van der Waals surface area contributed by atoms with Gasteiger partial charge in [-0.25, -0.2) is 0 Å². The third kappa shape index (κ3) is 9.88. The van der Waals surface area contributed by atoms with Crippen LogP contribution >= 0.6 is 9.24 Å². The normalized spacial score (nSPS) is 15.2. The third-order valence-corrected chi connectivity index (χ3v) is 5.71. The molecule has 0 saturated carbocycles. The summed E-state index contributed by atoms with van der Waals surface area (Å²) in [7, 11) is 2.83. The molecule has 3 unspecified atom stereocenters. The van der Waals surface area contributed by atoms with Gasteiger partial charge in [-0.1, -0.05) is 67.0 Å². The van der Waals surface area contributed by atoms with Crippen molar-refractivity contribution in [1.82, 2.24) is 5.32 Å². The minimum atomic E-state index is 0.273. The Bertz CT molecular complexity index is 320. The summed E-state index contributed by atoms with van der Waals surface area (Å²) in [6, 6.07) is 0.622. The minimum Gasteiger partial charge on any atom is -0.313 e. The molecule has 0 aromatic rings. The average molecular weight is 342 g/mol. The fourth-order valence-electron chi connectivity index (χ4n) is 3.32. The van der Waals surface area contributed by atoms with E-state index in [4.69, 9.17) is 0 Å². The van der Waals surface area contributed by atoms with Crippen molar-refractivity contribution < 1.29 is 0 Å². The molecule has 1 nitrogen and oxygen atoms in total. The predicted molar refractivity (Wildman–Crippen MR) is 111 cm³/mol. The first-order valence-electron chi connectivity index (χ1n) is 9.73. The minimum absolute atomic E-state index is 0.273. The lowest BCUT2D eigenvalue weighted by atomic mass is 9.79. The van der Waals surface area contributed by atoms with Crippen LogP contribution in [0.3, 0.4) is 0 Å². The van der Waals surface area contributed by atoms with Crippen LogP contribution in [0.2, 0.25) is 0 Å². The Hall–Kier alpha value is 0.130. The van der Waals surface area contributed by atoms with Crippen LogP contribution in [0.15, 0.2) is 12.2 Å². The molecule has 1 N–H and O–H groups in total. The van der Waals surface area contributed by atoms with Gasteiger partial charge >= 0.3 is 0 Å². The lowest BCUT2D eigenvalue weighted by molar-refractivity contribution is 0.272. The zero-order valence-electron chi connectivity index (χ0n) is 17.0. The van der Waals surface area contributed by atoms with E-state index in [1.807, 2.05) is 0 Å². The lowest BCUT2D eigenvalue weighted by Crippen LogP contribution is -2.40. The molecule has 0 aliphatic heterocycles. The first kappa shape index (κ1) is 23.1. The van der Waals surface area contributed by atoms with Gasteiger partial charge in [-0.3, -0.25) is 0 Å². The molecule has 0 aliphatic rings. The van der Waals surface area contributed by atoms with E-state index in [0.717, 1.165) is 24.8 Å². The maximum atomic E-state index is 4.38. The molecular formula is C21H44NP. The molecule has 2 heteroatoms. The highest BCUT2D eigenvalue weighted by Crippen LogP contribution is 2.32. The summed E-state index contributed by atoms with van der Waals surface area (Å²) in [4.78, 5) is 0. The van der Waals surface area contributed by atoms with E-state index in [9.17, 15) is 0 Å². The van der Waals surface area contributed by atoms with E-state index in [0.29, 0.717) is 12.0 Å². The topological polar surface area (TPSA) is 12.0 Å². The first-order chi connectivity index (χ1) is 10.6. The molecule has 0 bridgehead atoms. The molecule has 0 aromatic carbocycles. The van der Waals surface area contributed by atoms with Crippen LogP contribution in [0.4, 0.5) is 0 Å². The molecule has 23 heavy (non-hydrogen) atoms. The van der Waals surface area contributed by atoms with Gasteiger partial charge in [-0.05, 0) is 61.6 Å². The van der Waals surface area contributed by atoms with Crippen LogP contribution in [-0.2, 0) is 0 Å². The van der Waals surface area contributed by atoms with E-state index in [-0.39, 0.29) is 5.41 Å². The molecule has 138 valence electrons. The van der Waals surface area contributed by atoms with E-state index in [1.54, 1.807) is 0 Å². The van der Waals surface area contributed by atoms with E-state index in [1.165, 1.54) is 37.4 Å². The van der Waals surface area contributed by atoms with Gasteiger partial charge in [0, 0.05) is 6.04 Å². The fraction of sp³-hybridized carbons (Fsp3) is 0.905. The summed E-state index contributed by atoms with van der Waals surface area (Å²) in [6.45, 7) is 21.9. The third-order valence-electron chi connectivity index (χ3n) is 5.30. The van der Waals surface area contributed by atoms with Crippen LogP contribution in [0.1, 0.15) is 80.6 Å². The van der Waals surface area contributed by atoms with Crippen LogP contribution < -0.4 is 5.32 Å². The standard InChI is InChI=1S/C21H44NP/c1-16(2)10-11-18(5)20(17(3)4)22-14-12-19(6)21(7,8)13-9-15-23/h16-18,20,22H,6,9-15,23H2,1-5,7-8H3. The Morgan fingerprint density at radius 1 is 1.09 bits per heavy atom. The highest BCUT2D eigenvalue weighted by Gasteiger charge is 2.23. The summed E-state index contributed by atoms with van der Waals surface area (Å²) in [6.07, 6.45) is 7.47. The van der Waals surface area contributed by atoms with Crippen molar-refractivity contribution in [1.29, 1.82) is 0 Å². The highest BCUT2D eigenvalue weighted by molar-refractivity contribution is 7.16. The van der Waals surface area contributed by atoms with Crippen molar-refractivity contribution >= 4 is 9.24 Å². The second-order valence-corrected chi connectivity index (χ2v) is 9.38. The summed E-state index contributed by atoms with van der Waals surface area (Å²) in [5.74, 6) is 2.24. The van der Waals surface area contributed by atoms with Crippen LogP contribution in [0.5, 0.6) is 0 Å². The molecule has 0 rings (SSSR count). The molecule has 0 aromatic heterocycles. The molecule has 0 aliphatic carbocycles. The zero-order chi connectivity index (χ0) is 18.0. The van der Waals surface area contributed by atoms with Gasteiger partial charge in [0.15, 0.2) is 0 Å². The predicted octanol–water partition coefficient (Wildman–Crippen LogP) is 6.30. The highest BCUT2D eigenvalue weighted by atomic mass is 31.0. The largest absolute Gasteiger partial charge is 0.313 e. The zero-order valence-corrected chi connectivity index (χ0v) is 18.2. The monoisotopic (exact) mass is 341 g/mol. The fourth-order valence-corrected chi connectivity index (χ4v) is 3.52. The Balaban J connectivity index is 4.34. The van der Waals surface area contributed by atoms with Crippen molar-refractivity contribution in [3.05, 3.63) is 12.2 Å². The van der Waals surface area contributed by atoms with Crippen molar-refractivity contribution in [3.8, 4) is 0 Å². The quantitative estimate of drug-likeness (QED) is 0.306. The Labute approximate surface area is 149 Å². The van der Waals surface area contributed by atoms with Crippen LogP contribution in [-0.4, -0.2) is 18.7 Å². The summed E-state index contributed by atoms with van der Waals surface area (Å²) in [5, 5.41) is 3.84. The van der Waals surface area contributed by atoms with Gasteiger partial charge in [-0.15, -0.1) is 9.24 Å². The molecule has 0 heterocycles. The van der Waals surface area contributed by atoms with Gasteiger partial charge in [0.25, 0.3) is 0 Å². The molecule has 0 saturated heterocycles. The molecule has 0 spiro atoms. The maximum absolute atomic E-state index is 4.38. The smallest absolute Gasteiger partial charge is 0.0116 e. The average Bonchev–Trinajstić information content (AvgIpc) is 2.46. The van der Waals surface area contributed by atoms with Crippen molar-refractivity contribution in [2.24, 2.45) is 23.2 Å². The Morgan fingerprint density at radius 3 is 2.17 bits per heavy atom. The lowest BCUT2D eigenvalue weighted by Gasteiger charge is -2.31. The first-order valence-corrected chi connectivity index (χ1v) is 10.5. The van der Waals surface area contributed by atoms with Crippen molar-refractivity contribution in [3.63, 3.8) is 0 Å². The van der Waals surface area contributed by atoms with E-state index >= 15 is 0 Å². The van der Waals surface area contributed by atoms with Gasteiger partial charge in [0.2, 0.25) is 0 Å². The van der Waals surface area contributed by atoms with Crippen LogP contribution in [0, 0.1) is 23.2 Å². The summed E-state index contributed by atoms with van der Waals surface area (Å²) < 4.78 is 0. The van der Waals surface area contributed by atoms with Gasteiger partial charge in [0.05, 0.1) is 0 Å². The number of hydrogen-bond acceptors (Lipinski definition) is 1. The Kier molecular flexibility index (Phi) is 11.7. The van der Waals surface area contributed by atoms with E-state index < -0.39 is 0 Å². The maximum Gasteiger partial charge on any atom is 0.0116 e. The second-order valence-electron chi connectivity index (χ2n) is 8.80. The second kappa shape index (κ2) is 11.6. The van der Waals surface area contributed by atoms with Gasteiger partial charge < -0.3 is 5.32 Å². The molecule has 0 fully saturated rings. The van der Waals surface area contributed by atoms with E-state index in [2.05, 4.69) is 69.6 Å². The number of nitrogens with one attached hydrogen (secondary N) is 1. The van der Waals surface area contributed by atoms with Gasteiger partial charge in [-0.2, -0.15) is 0 Å². The van der Waals surface area contributed by atoms with Crippen molar-refractivity contribution in [2.75, 3.05) is 12.7 Å². The Morgan fingerprint density at radius 2 is 1.70 bits per heavy atom. The van der Waals surface area contributed by atoms with Crippen LogP contribution in [0.25, 0.3) is 0 Å².